The molecule has 0 unspecified atom stereocenters. The minimum Gasteiger partial charge on any atom is -0.366 e. The van der Waals surface area contributed by atoms with Crippen molar-refractivity contribution < 1.29 is 14.4 Å². The molecule has 3 aromatic rings. The average Bonchev–Trinajstić information content (AvgIpc) is 2.78. The summed E-state index contributed by atoms with van der Waals surface area (Å²) in [6.07, 6.45) is 7.94. The van der Waals surface area contributed by atoms with Crippen molar-refractivity contribution in [2.24, 2.45) is 11.7 Å². The zero-order chi connectivity index (χ0) is 22.0. The van der Waals surface area contributed by atoms with Crippen molar-refractivity contribution in [3.63, 3.8) is 0 Å². The lowest BCUT2D eigenvalue weighted by Crippen LogP contribution is -2.46. The number of nitrogens with zero attached hydrogens (tertiary/aromatic N) is 3. The van der Waals surface area contributed by atoms with Crippen molar-refractivity contribution in [3.05, 3.63) is 66.2 Å². The Balaban J connectivity index is 1.58. The topological polar surface area (TPSA) is 118 Å². The smallest absolute Gasteiger partial charge is 0.313 e. The van der Waals surface area contributed by atoms with Crippen molar-refractivity contribution >= 4 is 34.2 Å². The number of pyridine rings is 2. The number of nitrogens with two attached hydrogens (primary N) is 1. The zero-order valence-corrected chi connectivity index (χ0v) is 17.1. The molecule has 8 nitrogen and oxygen atoms in total. The summed E-state index contributed by atoms with van der Waals surface area (Å²) in [6, 6.07) is 9.16. The number of carbonyl (C=O) groups excluding carboxylic acids is 3. The highest BCUT2D eigenvalue weighted by Gasteiger charge is 2.34. The number of benzene rings is 1. The molecule has 3 amide bonds. The molecule has 0 bridgehead atoms. The summed E-state index contributed by atoms with van der Waals surface area (Å²) < 4.78 is 0. The van der Waals surface area contributed by atoms with E-state index in [0.717, 1.165) is 29.2 Å². The molecule has 158 valence electrons. The fourth-order valence-electron chi connectivity index (χ4n) is 3.99. The van der Waals surface area contributed by atoms with Crippen LogP contribution in [-0.2, 0) is 9.59 Å². The number of hydrogen-bond acceptors (Lipinski definition) is 5. The second kappa shape index (κ2) is 8.51. The van der Waals surface area contributed by atoms with Crippen LogP contribution >= 0.6 is 0 Å². The molecule has 3 N–H and O–H groups in total. The molecule has 1 saturated heterocycles. The highest BCUT2D eigenvalue weighted by atomic mass is 16.2. The van der Waals surface area contributed by atoms with Crippen LogP contribution in [0.15, 0.2) is 55.1 Å². The Morgan fingerprint density at radius 3 is 2.68 bits per heavy atom. The lowest BCUT2D eigenvalue weighted by molar-refractivity contribution is -0.146. The molecular formula is C23H23N5O3. The third kappa shape index (κ3) is 4.37. The molecule has 2 aromatic heterocycles. The number of amides is 3. The van der Waals surface area contributed by atoms with Crippen LogP contribution in [0.4, 0.5) is 5.69 Å². The molecule has 2 atom stereocenters. The lowest BCUT2D eigenvalue weighted by atomic mass is 9.89. The lowest BCUT2D eigenvalue weighted by Gasteiger charge is -2.38. The Hall–Kier alpha value is -3.81. The van der Waals surface area contributed by atoms with E-state index in [2.05, 4.69) is 28.3 Å². The van der Waals surface area contributed by atoms with Crippen LogP contribution in [0.5, 0.6) is 0 Å². The molecule has 0 spiro atoms. The Morgan fingerprint density at radius 2 is 1.87 bits per heavy atom. The van der Waals surface area contributed by atoms with Gasteiger partial charge in [-0.2, -0.15) is 0 Å². The van der Waals surface area contributed by atoms with Gasteiger partial charge in [-0.15, -0.1) is 0 Å². The SMILES string of the molecule is C[C@H]1CC[C@H](c2ccc3cnccc3c2)N(C(=O)C(=O)Nc2cncc(C(N)=O)c2)C1. The molecular weight excluding hydrogens is 394 g/mol. The van der Waals surface area contributed by atoms with Crippen LogP contribution in [-0.4, -0.2) is 39.1 Å². The predicted molar refractivity (Wildman–Crippen MR) is 116 cm³/mol. The van der Waals surface area contributed by atoms with E-state index in [0.29, 0.717) is 6.54 Å². The van der Waals surface area contributed by atoms with Gasteiger partial charge in [0.25, 0.3) is 0 Å². The van der Waals surface area contributed by atoms with Crippen LogP contribution in [0.2, 0.25) is 0 Å². The summed E-state index contributed by atoms with van der Waals surface area (Å²) in [5.41, 5.74) is 6.64. The van der Waals surface area contributed by atoms with Crippen molar-refractivity contribution in [2.75, 3.05) is 11.9 Å². The Kier molecular flexibility index (Phi) is 5.62. The Labute approximate surface area is 179 Å². The third-order valence-corrected chi connectivity index (χ3v) is 5.60. The highest BCUT2D eigenvalue weighted by molar-refractivity contribution is 6.39. The Morgan fingerprint density at radius 1 is 1.03 bits per heavy atom. The molecule has 4 rings (SSSR count). The summed E-state index contributed by atoms with van der Waals surface area (Å²) >= 11 is 0. The molecule has 3 heterocycles. The number of piperidine rings is 1. The Bertz CT molecular complexity index is 1160. The summed E-state index contributed by atoms with van der Waals surface area (Å²) in [7, 11) is 0. The van der Waals surface area contributed by atoms with Crippen LogP contribution in [0, 0.1) is 5.92 Å². The maximum absolute atomic E-state index is 13.1. The quantitative estimate of drug-likeness (QED) is 0.635. The average molecular weight is 417 g/mol. The van der Waals surface area contributed by atoms with Crippen molar-refractivity contribution in [1.82, 2.24) is 14.9 Å². The summed E-state index contributed by atoms with van der Waals surface area (Å²) in [5.74, 6) is -1.76. The molecule has 1 aromatic carbocycles. The maximum atomic E-state index is 13.1. The first-order chi connectivity index (χ1) is 14.9. The first-order valence-corrected chi connectivity index (χ1v) is 10.1. The predicted octanol–water partition coefficient (Wildman–Crippen LogP) is 2.67. The van der Waals surface area contributed by atoms with E-state index in [1.807, 2.05) is 18.2 Å². The van der Waals surface area contributed by atoms with E-state index in [1.165, 1.54) is 18.5 Å². The second-order valence-corrected chi connectivity index (χ2v) is 7.92. The van der Waals surface area contributed by atoms with Crippen LogP contribution in [0.25, 0.3) is 10.8 Å². The summed E-state index contributed by atoms with van der Waals surface area (Å²) in [4.78, 5) is 46.8. The molecule has 1 aliphatic heterocycles. The van der Waals surface area contributed by atoms with Crippen LogP contribution in [0.3, 0.4) is 0 Å². The van der Waals surface area contributed by atoms with Gasteiger partial charge in [-0.3, -0.25) is 24.4 Å². The number of fused-ring (bicyclic) bond motifs is 1. The van der Waals surface area contributed by atoms with Crippen molar-refractivity contribution in [1.29, 1.82) is 0 Å². The number of carbonyl (C=O) groups is 3. The molecule has 1 fully saturated rings. The first kappa shape index (κ1) is 20.5. The van der Waals surface area contributed by atoms with Gasteiger partial charge in [0.2, 0.25) is 5.91 Å². The molecule has 31 heavy (non-hydrogen) atoms. The van der Waals surface area contributed by atoms with Gasteiger partial charge in [0.15, 0.2) is 0 Å². The van der Waals surface area contributed by atoms with E-state index in [9.17, 15) is 14.4 Å². The van der Waals surface area contributed by atoms with E-state index in [1.54, 1.807) is 17.3 Å². The van der Waals surface area contributed by atoms with Gasteiger partial charge in [0, 0.05) is 30.5 Å². The number of primary amides is 1. The minimum atomic E-state index is -0.771. The van der Waals surface area contributed by atoms with Crippen molar-refractivity contribution in [2.45, 2.75) is 25.8 Å². The molecule has 0 radical (unpaired) electrons. The van der Waals surface area contributed by atoms with Gasteiger partial charge in [-0.1, -0.05) is 19.1 Å². The van der Waals surface area contributed by atoms with Crippen molar-refractivity contribution in [3.8, 4) is 0 Å². The second-order valence-electron chi connectivity index (χ2n) is 7.92. The zero-order valence-electron chi connectivity index (χ0n) is 17.1. The van der Waals surface area contributed by atoms with E-state index >= 15 is 0 Å². The number of hydrogen-bond donors (Lipinski definition) is 2. The van der Waals surface area contributed by atoms with Gasteiger partial charge >= 0.3 is 11.8 Å². The third-order valence-electron chi connectivity index (χ3n) is 5.60. The monoisotopic (exact) mass is 417 g/mol. The number of rotatable bonds is 3. The summed E-state index contributed by atoms with van der Waals surface area (Å²) in [5, 5.41) is 4.60. The fraction of sp³-hybridized carbons (Fsp3) is 0.261. The molecule has 0 aliphatic carbocycles. The normalized spacial score (nSPS) is 18.5. The van der Waals surface area contributed by atoms with Crippen LogP contribution in [0.1, 0.15) is 41.7 Å². The molecule has 1 aliphatic rings. The van der Waals surface area contributed by atoms with E-state index in [-0.39, 0.29) is 23.2 Å². The molecule has 0 saturated carbocycles. The fourth-order valence-corrected chi connectivity index (χ4v) is 3.99. The van der Waals surface area contributed by atoms with Crippen LogP contribution < -0.4 is 11.1 Å². The first-order valence-electron chi connectivity index (χ1n) is 10.1. The van der Waals surface area contributed by atoms with Gasteiger partial charge in [-0.05, 0) is 47.9 Å². The number of likely N-dealkylation sites (tertiary alicyclic amines) is 1. The van der Waals surface area contributed by atoms with E-state index in [4.69, 9.17) is 5.73 Å². The largest absolute Gasteiger partial charge is 0.366 e. The number of nitrogens with one attached hydrogen (secondary N) is 1. The van der Waals surface area contributed by atoms with Gasteiger partial charge in [-0.25, -0.2) is 0 Å². The van der Waals surface area contributed by atoms with Gasteiger partial charge in [0.1, 0.15) is 0 Å². The van der Waals surface area contributed by atoms with E-state index < -0.39 is 17.7 Å². The highest BCUT2D eigenvalue weighted by Crippen LogP contribution is 2.34. The minimum absolute atomic E-state index is 0.153. The number of aromatic nitrogens is 2. The molecule has 8 heteroatoms. The number of anilines is 1. The maximum Gasteiger partial charge on any atom is 0.313 e. The summed E-state index contributed by atoms with van der Waals surface area (Å²) in [6.45, 7) is 2.56. The van der Waals surface area contributed by atoms with Gasteiger partial charge < -0.3 is 16.0 Å². The van der Waals surface area contributed by atoms with Gasteiger partial charge in [0.05, 0.1) is 23.5 Å². The standard InChI is InChI=1S/C23H23N5O3/c1-14-2-5-20(16-3-4-17-10-25-7-6-15(17)8-16)28(13-14)23(31)22(30)27-19-9-18(21(24)29)11-26-12-19/h3-4,6-12,14,20H,2,5,13H2,1H3,(H2,24,29)(H,27,30)/t14-,20+/m0/s1.